The second-order valence-electron chi connectivity index (χ2n) is 4.45. The first kappa shape index (κ1) is 14.6. The summed E-state index contributed by atoms with van der Waals surface area (Å²) in [6.45, 7) is 4.14. The molecular formula is C15H15N3O3. The SMILES string of the molecule is CCN(C(=O)c1nccnc1C(=O)O)c1cccc(C)c1. The molecule has 0 atom stereocenters. The fourth-order valence-corrected chi connectivity index (χ4v) is 2.02. The summed E-state index contributed by atoms with van der Waals surface area (Å²) in [5.41, 5.74) is 1.21. The van der Waals surface area contributed by atoms with E-state index >= 15 is 0 Å². The third kappa shape index (κ3) is 3.05. The number of hydrogen-bond donors (Lipinski definition) is 1. The molecule has 0 fully saturated rings. The minimum atomic E-state index is -1.27. The third-order valence-corrected chi connectivity index (χ3v) is 2.98. The number of carbonyl (C=O) groups excluding carboxylic acids is 1. The van der Waals surface area contributed by atoms with E-state index < -0.39 is 11.9 Å². The van der Waals surface area contributed by atoms with Crippen molar-refractivity contribution >= 4 is 17.6 Å². The van der Waals surface area contributed by atoms with Crippen molar-refractivity contribution in [3.63, 3.8) is 0 Å². The Hall–Kier alpha value is -2.76. The number of aromatic nitrogens is 2. The number of hydrogen-bond acceptors (Lipinski definition) is 4. The van der Waals surface area contributed by atoms with E-state index in [4.69, 9.17) is 5.11 Å². The van der Waals surface area contributed by atoms with E-state index in [1.54, 1.807) is 6.07 Å². The smallest absolute Gasteiger partial charge is 0.356 e. The molecule has 1 amide bonds. The van der Waals surface area contributed by atoms with Crippen molar-refractivity contribution < 1.29 is 14.7 Å². The molecule has 0 saturated heterocycles. The Kier molecular flexibility index (Phi) is 4.27. The zero-order valence-electron chi connectivity index (χ0n) is 11.8. The van der Waals surface area contributed by atoms with Gasteiger partial charge in [0.05, 0.1) is 0 Å². The highest BCUT2D eigenvalue weighted by molar-refractivity contribution is 6.09. The maximum absolute atomic E-state index is 12.6. The van der Waals surface area contributed by atoms with E-state index in [2.05, 4.69) is 9.97 Å². The number of carboxylic acids is 1. The fourth-order valence-electron chi connectivity index (χ4n) is 2.02. The maximum Gasteiger partial charge on any atom is 0.356 e. The Balaban J connectivity index is 2.44. The predicted molar refractivity (Wildman–Crippen MR) is 77.5 cm³/mol. The Labute approximate surface area is 122 Å². The number of aryl methyl sites for hydroxylation is 1. The number of carboxylic acid groups (broad SMARTS) is 1. The summed E-state index contributed by atoms with van der Waals surface area (Å²) in [7, 11) is 0. The molecule has 2 aromatic rings. The number of amides is 1. The highest BCUT2D eigenvalue weighted by atomic mass is 16.4. The van der Waals surface area contributed by atoms with E-state index in [9.17, 15) is 9.59 Å². The van der Waals surface area contributed by atoms with Crippen LogP contribution in [-0.4, -0.2) is 33.5 Å². The highest BCUT2D eigenvalue weighted by Crippen LogP contribution is 2.18. The molecule has 0 saturated carbocycles. The van der Waals surface area contributed by atoms with Crippen LogP contribution in [0, 0.1) is 6.92 Å². The van der Waals surface area contributed by atoms with Crippen molar-refractivity contribution in [3.8, 4) is 0 Å². The van der Waals surface area contributed by atoms with Crippen molar-refractivity contribution in [2.75, 3.05) is 11.4 Å². The Morgan fingerprint density at radius 3 is 2.43 bits per heavy atom. The molecule has 2 rings (SSSR count). The summed E-state index contributed by atoms with van der Waals surface area (Å²) in [6, 6.07) is 7.42. The van der Waals surface area contributed by atoms with Gasteiger partial charge in [-0.05, 0) is 31.5 Å². The fraction of sp³-hybridized carbons (Fsp3) is 0.200. The molecule has 0 aliphatic rings. The molecule has 0 unspecified atom stereocenters. The summed E-state index contributed by atoms with van der Waals surface area (Å²) in [6.07, 6.45) is 2.56. The Bertz CT molecular complexity index is 685. The lowest BCUT2D eigenvalue weighted by Gasteiger charge is -2.21. The molecule has 6 nitrogen and oxygen atoms in total. The van der Waals surface area contributed by atoms with Gasteiger partial charge in [-0.15, -0.1) is 0 Å². The van der Waals surface area contributed by atoms with Crippen LogP contribution < -0.4 is 4.90 Å². The van der Waals surface area contributed by atoms with Gasteiger partial charge in [0.2, 0.25) is 0 Å². The van der Waals surface area contributed by atoms with Gasteiger partial charge in [-0.3, -0.25) is 4.79 Å². The molecule has 1 heterocycles. The lowest BCUT2D eigenvalue weighted by atomic mass is 10.2. The lowest BCUT2D eigenvalue weighted by Crippen LogP contribution is -2.33. The van der Waals surface area contributed by atoms with Gasteiger partial charge < -0.3 is 10.0 Å². The number of rotatable bonds is 4. The van der Waals surface area contributed by atoms with E-state index in [-0.39, 0.29) is 11.4 Å². The molecule has 1 N–H and O–H groups in total. The molecule has 6 heteroatoms. The van der Waals surface area contributed by atoms with E-state index in [1.807, 2.05) is 32.0 Å². The molecule has 0 bridgehead atoms. The van der Waals surface area contributed by atoms with Crippen molar-refractivity contribution in [1.82, 2.24) is 9.97 Å². The van der Waals surface area contributed by atoms with Crippen molar-refractivity contribution in [2.45, 2.75) is 13.8 Å². The lowest BCUT2D eigenvalue weighted by molar-refractivity contribution is 0.0684. The largest absolute Gasteiger partial charge is 0.476 e. The Morgan fingerprint density at radius 1 is 1.19 bits per heavy atom. The van der Waals surface area contributed by atoms with Crippen LogP contribution in [0.25, 0.3) is 0 Å². The predicted octanol–water partition coefficient (Wildman–Crippen LogP) is 2.15. The standard InChI is InChI=1S/C15H15N3O3/c1-3-18(11-6-4-5-10(2)9-11)14(19)12-13(15(20)21)17-8-7-16-12/h4-9H,3H2,1-2H3,(H,20,21). The summed E-state index contributed by atoms with van der Waals surface area (Å²) < 4.78 is 0. The van der Waals surface area contributed by atoms with Gasteiger partial charge in [0.15, 0.2) is 11.4 Å². The van der Waals surface area contributed by atoms with Gasteiger partial charge in [-0.25, -0.2) is 14.8 Å². The average molecular weight is 285 g/mol. The number of anilines is 1. The van der Waals surface area contributed by atoms with Crippen molar-refractivity contribution in [2.24, 2.45) is 0 Å². The van der Waals surface area contributed by atoms with Crippen LogP contribution in [0.5, 0.6) is 0 Å². The second kappa shape index (κ2) is 6.13. The van der Waals surface area contributed by atoms with Gasteiger partial charge in [0, 0.05) is 24.6 Å². The summed E-state index contributed by atoms with van der Waals surface area (Å²) in [4.78, 5) is 32.8. The Morgan fingerprint density at radius 2 is 1.86 bits per heavy atom. The minimum Gasteiger partial charge on any atom is -0.476 e. The molecule has 1 aromatic heterocycles. The third-order valence-electron chi connectivity index (χ3n) is 2.98. The first-order valence-corrected chi connectivity index (χ1v) is 6.47. The van der Waals surface area contributed by atoms with Crippen LogP contribution in [0.2, 0.25) is 0 Å². The monoisotopic (exact) mass is 285 g/mol. The van der Waals surface area contributed by atoms with Crippen LogP contribution in [0.15, 0.2) is 36.7 Å². The van der Waals surface area contributed by atoms with Crippen molar-refractivity contribution in [3.05, 3.63) is 53.6 Å². The normalized spacial score (nSPS) is 10.2. The molecular weight excluding hydrogens is 270 g/mol. The van der Waals surface area contributed by atoms with E-state index in [0.717, 1.165) is 5.56 Å². The molecule has 108 valence electrons. The van der Waals surface area contributed by atoms with Crippen LogP contribution in [0.3, 0.4) is 0 Å². The van der Waals surface area contributed by atoms with Gasteiger partial charge in [0.25, 0.3) is 5.91 Å². The number of aromatic carboxylic acids is 1. The van der Waals surface area contributed by atoms with E-state index in [1.165, 1.54) is 17.3 Å². The maximum atomic E-state index is 12.6. The second-order valence-corrected chi connectivity index (χ2v) is 4.45. The number of carbonyl (C=O) groups is 2. The summed E-state index contributed by atoms with van der Waals surface area (Å²) in [5, 5.41) is 9.11. The summed E-state index contributed by atoms with van der Waals surface area (Å²) >= 11 is 0. The zero-order chi connectivity index (χ0) is 15.4. The first-order valence-electron chi connectivity index (χ1n) is 6.47. The number of nitrogens with zero attached hydrogens (tertiary/aromatic N) is 3. The molecule has 1 aromatic carbocycles. The van der Waals surface area contributed by atoms with Gasteiger partial charge >= 0.3 is 5.97 Å². The van der Waals surface area contributed by atoms with Crippen LogP contribution in [-0.2, 0) is 0 Å². The van der Waals surface area contributed by atoms with Gasteiger partial charge in [-0.1, -0.05) is 12.1 Å². The zero-order valence-corrected chi connectivity index (χ0v) is 11.8. The van der Waals surface area contributed by atoms with Crippen LogP contribution in [0.4, 0.5) is 5.69 Å². The molecule has 0 spiro atoms. The average Bonchev–Trinajstić information content (AvgIpc) is 2.48. The van der Waals surface area contributed by atoms with Crippen molar-refractivity contribution in [1.29, 1.82) is 0 Å². The summed E-state index contributed by atoms with van der Waals surface area (Å²) in [5.74, 6) is -1.75. The quantitative estimate of drug-likeness (QED) is 0.930. The topological polar surface area (TPSA) is 83.4 Å². The van der Waals surface area contributed by atoms with E-state index in [0.29, 0.717) is 12.2 Å². The minimum absolute atomic E-state index is 0.159. The first-order chi connectivity index (χ1) is 10.0. The van der Waals surface area contributed by atoms with Crippen LogP contribution >= 0.6 is 0 Å². The molecule has 0 aliphatic carbocycles. The van der Waals surface area contributed by atoms with Gasteiger partial charge in [0.1, 0.15) is 0 Å². The molecule has 21 heavy (non-hydrogen) atoms. The molecule has 0 radical (unpaired) electrons. The molecule has 0 aliphatic heterocycles. The number of benzene rings is 1. The van der Waals surface area contributed by atoms with Gasteiger partial charge in [-0.2, -0.15) is 0 Å². The highest BCUT2D eigenvalue weighted by Gasteiger charge is 2.24. The van der Waals surface area contributed by atoms with Crippen LogP contribution in [0.1, 0.15) is 33.5 Å².